The van der Waals surface area contributed by atoms with Gasteiger partial charge in [-0.2, -0.15) is 16.6 Å². The van der Waals surface area contributed by atoms with Gasteiger partial charge in [0.1, 0.15) is 6.42 Å². The molecule has 0 N–H and O–H groups in total. The van der Waals surface area contributed by atoms with E-state index in [9.17, 15) is 4.79 Å². The largest absolute Gasteiger partial charge is 0.307 e. The highest BCUT2D eigenvalue weighted by Gasteiger charge is 2.15. The minimum Gasteiger partial charge on any atom is -0.307 e. The molecule has 2 aromatic rings. The Bertz CT molecular complexity index is 543. The molecule has 1 amide bonds. The zero-order chi connectivity index (χ0) is 12.8. The molecule has 0 aliphatic heterocycles. The number of nitrogens with zero attached hydrogens (tertiary/aromatic N) is 2. The monoisotopic (exact) mass is 256 g/mol. The maximum absolute atomic E-state index is 12.0. The summed E-state index contributed by atoms with van der Waals surface area (Å²) in [4.78, 5) is 13.6. The quantitative estimate of drug-likeness (QED) is 0.843. The molecule has 18 heavy (non-hydrogen) atoms. The van der Waals surface area contributed by atoms with Crippen molar-refractivity contribution in [3.8, 4) is 6.07 Å². The lowest BCUT2D eigenvalue weighted by molar-refractivity contribution is -0.117. The van der Waals surface area contributed by atoms with E-state index in [-0.39, 0.29) is 12.3 Å². The van der Waals surface area contributed by atoms with E-state index in [0.29, 0.717) is 6.54 Å². The summed E-state index contributed by atoms with van der Waals surface area (Å²) in [5.41, 5.74) is 1.90. The highest BCUT2D eigenvalue weighted by atomic mass is 32.1. The molecule has 0 fully saturated rings. The lowest BCUT2D eigenvalue weighted by Crippen LogP contribution is -2.29. The molecule has 2 rings (SSSR count). The van der Waals surface area contributed by atoms with Crippen molar-refractivity contribution in [1.29, 1.82) is 5.26 Å². The first kappa shape index (κ1) is 12.3. The molecule has 4 heteroatoms. The highest BCUT2D eigenvalue weighted by Crippen LogP contribution is 2.19. The van der Waals surface area contributed by atoms with E-state index in [0.717, 1.165) is 11.3 Å². The summed E-state index contributed by atoms with van der Waals surface area (Å²) < 4.78 is 0. The van der Waals surface area contributed by atoms with Crippen LogP contribution in [0.5, 0.6) is 0 Å². The smallest absolute Gasteiger partial charge is 0.241 e. The van der Waals surface area contributed by atoms with Gasteiger partial charge in [0.2, 0.25) is 5.91 Å². The normalized spacial score (nSPS) is 9.72. The second-order valence-corrected chi connectivity index (χ2v) is 4.56. The number of hydrogen-bond donors (Lipinski definition) is 0. The first-order valence-corrected chi connectivity index (χ1v) is 6.49. The number of anilines is 1. The molecule has 90 valence electrons. The third kappa shape index (κ3) is 2.96. The van der Waals surface area contributed by atoms with Gasteiger partial charge in [0, 0.05) is 5.69 Å². The molecule has 0 radical (unpaired) electrons. The van der Waals surface area contributed by atoms with E-state index in [1.165, 1.54) is 0 Å². The van der Waals surface area contributed by atoms with Crippen molar-refractivity contribution in [3.63, 3.8) is 0 Å². The molecule has 3 nitrogen and oxygen atoms in total. The van der Waals surface area contributed by atoms with Crippen LogP contribution in [-0.2, 0) is 11.3 Å². The summed E-state index contributed by atoms with van der Waals surface area (Å²) in [7, 11) is 0. The van der Waals surface area contributed by atoms with Crippen molar-refractivity contribution in [2.45, 2.75) is 13.0 Å². The summed E-state index contributed by atoms with van der Waals surface area (Å²) in [5.74, 6) is -0.171. The number of nitriles is 1. The maximum Gasteiger partial charge on any atom is 0.241 e. The summed E-state index contributed by atoms with van der Waals surface area (Å²) in [5, 5.41) is 12.7. The van der Waals surface area contributed by atoms with Gasteiger partial charge >= 0.3 is 0 Å². The predicted octanol–water partition coefficient (Wildman–Crippen LogP) is 3.19. The van der Waals surface area contributed by atoms with Gasteiger partial charge in [0.25, 0.3) is 0 Å². The molecule has 0 spiro atoms. The molecule has 1 aromatic heterocycles. The number of amides is 1. The average molecular weight is 256 g/mol. The number of hydrogen-bond acceptors (Lipinski definition) is 3. The molecule has 0 unspecified atom stereocenters. The standard InChI is InChI=1S/C14H12N2OS/c15-8-6-14(17)16(10-12-7-9-18-11-12)13-4-2-1-3-5-13/h1-5,7,9,11H,6,10H2. The maximum atomic E-state index is 12.0. The number of benzene rings is 1. The zero-order valence-corrected chi connectivity index (χ0v) is 10.6. The molecular weight excluding hydrogens is 244 g/mol. The Morgan fingerprint density at radius 2 is 2.06 bits per heavy atom. The Morgan fingerprint density at radius 1 is 1.28 bits per heavy atom. The van der Waals surface area contributed by atoms with Gasteiger partial charge in [-0.1, -0.05) is 18.2 Å². The number of rotatable bonds is 4. The summed E-state index contributed by atoms with van der Waals surface area (Å²) in [6.07, 6.45) is -0.0982. The first-order valence-electron chi connectivity index (χ1n) is 5.54. The fourth-order valence-corrected chi connectivity index (χ4v) is 2.32. The molecule has 1 aromatic carbocycles. The molecular formula is C14H12N2OS. The molecule has 0 aliphatic rings. The van der Waals surface area contributed by atoms with Gasteiger partial charge in [-0.05, 0) is 34.5 Å². The summed E-state index contributed by atoms with van der Waals surface area (Å²) >= 11 is 1.60. The lowest BCUT2D eigenvalue weighted by atomic mass is 10.2. The van der Waals surface area contributed by atoms with Crippen molar-refractivity contribution in [3.05, 3.63) is 52.7 Å². The van der Waals surface area contributed by atoms with Crippen LogP contribution in [-0.4, -0.2) is 5.91 Å². The fourth-order valence-electron chi connectivity index (χ4n) is 1.66. The van der Waals surface area contributed by atoms with Crippen molar-refractivity contribution >= 4 is 22.9 Å². The van der Waals surface area contributed by atoms with Crippen LogP contribution in [0.15, 0.2) is 47.2 Å². The predicted molar refractivity (Wildman–Crippen MR) is 72.2 cm³/mol. The van der Waals surface area contributed by atoms with Crippen LogP contribution < -0.4 is 4.90 Å². The van der Waals surface area contributed by atoms with Crippen molar-refractivity contribution in [2.75, 3.05) is 4.90 Å². The van der Waals surface area contributed by atoms with Crippen molar-refractivity contribution in [1.82, 2.24) is 0 Å². The van der Waals surface area contributed by atoms with Gasteiger partial charge < -0.3 is 4.90 Å². The Kier molecular flexibility index (Phi) is 4.11. The Labute approximate surface area is 110 Å². The molecule has 0 aliphatic carbocycles. The number of carbonyl (C=O) groups excluding carboxylic acids is 1. The van der Waals surface area contributed by atoms with Crippen LogP contribution in [0.2, 0.25) is 0 Å². The molecule has 0 bridgehead atoms. The van der Waals surface area contributed by atoms with Gasteiger partial charge in [-0.15, -0.1) is 0 Å². The molecule has 1 heterocycles. The van der Waals surface area contributed by atoms with Crippen LogP contribution in [0.1, 0.15) is 12.0 Å². The highest BCUT2D eigenvalue weighted by molar-refractivity contribution is 7.07. The van der Waals surface area contributed by atoms with Gasteiger partial charge in [-0.3, -0.25) is 4.79 Å². The fraction of sp³-hybridized carbons (Fsp3) is 0.143. The minimum absolute atomic E-state index is 0.0982. The van der Waals surface area contributed by atoms with Crippen LogP contribution in [0.4, 0.5) is 5.69 Å². The second kappa shape index (κ2) is 5.99. The topological polar surface area (TPSA) is 44.1 Å². The van der Waals surface area contributed by atoms with E-state index >= 15 is 0 Å². The van der Waals surface area contributed by atoms with Crippen molar-refractivity contribution in [2.24, 2.45) is 0 Å². The van der Waals surface area contributed by atoms with E-state index in [1.54, 1.807) is 16.2 Å². The molecule has 0 saturated heterocycles. The minimum atomic E-state index is -0.171. The van der Waals surface area contributed by atoms with Crippen LogP contribution >= 0.6 is 11.3 Å². The van der Waals surface area contributed by atoms with E-state index in [1.807, 2.05) is 53.2 Å². The van der Waals surface area contributed by atoms with E-state index in [2.05, 4.69) is 0 Å². The van der Waals surface area contributed by atoms with E-state index in [4.69, 9.17) is 5.26 Å². The summed E-state index contributed by atoms with van der Waals surface area (Å²) in [6.45, 7) is 0.508. The zero-order valence-electron chi connectivity index (χ0n) is 9.74. The molecule has 0 saturated carbocycles. The number of carbonyl (C=O) groups is 1. The lowest BCUT2D eigenvalue weighted by Gasteiger charge is -2.21. The summed E-state index contributed by atoms with van der Waals surface area (Å²) in [6, 6.07) is 13.3. The molecule has 0 atom stereocenters. The Hall–Kier alpha value is -2.12. The third-order valence-electron chi connectivity index (χ3n) is 2.52. The van der Waals surface area contributed by atoms with Crippen LogP contribution in [0.3, 0.4) is 0 Å². The third-order valence-corrected chi connectivity index (χ3v) is 3.25. The Balaban J connectivity index is 2.24. The van der Waals surface area contributed by atoms with Crippen molar-refractivity contribution < 1.29 is 4.79 Å². The van der Waals surface area contributed by atoms with Crippen LogP contribution in [0.25, 0.3) is 0 Å². The first-order chi connectivity index (χ1) is 8.81. The second-order valence-electron chi connectivity index (χ2n) is 3.78. The SMILES string of the molecule is N#CCC(=O)N(Cc1ccsc1)c1ccccc1. The van der Waals surface area contributed by atoms with Crippen LogP contribution in [0, 0.1) is 11.3 Å². The Morgan fingerprint density at radius 3 is 2.67 bits per heavy atom. The van der Waals surface area contributed by atoms with Gasteiger partial charge in [0.15, 0.2) is 0 Å². The number of para-hydroxylation sites is 1. The van der Waals surface area contributed by atoms with Gasteiger partial charge in [0.05, 0.1) is 12.6 Å². The van der Waals surface area contributed by atoms with Gasteiger partial charge in [-0.25, -0.2) is 0 Å². The van der Waals surface area contributed by atoms with E-state index < -0.39 is 0 Å². The average Bonchev–Trinajstić information content (AvgIpc) is 2.90. The number of thiophene rings is 1.